The molecule has 0 rings (SSSR count). The van der Waals surface area contributed by atoms with E-state index in [0.29, 0.717) is 19.8 Å². The normalized spacial score (nSPS) is 14.2. The Balaban J connectivity index is 3.41. The molecule has 0 saturated heterocycles. The van der Waals surface area contributed by atoms with Gasteiger partial charge in [0.05, 0.1) is 12.4 Å². The molecule has 0 amide bonds. The first-order valence-corrected chi connectivity index (χ1v) is 6.92. The van der Waals surface area contributed by atoms with Crippen LogP contribution in [-0.2, 0) is 18.5 Å². The standard InChI is InChI=1S/C8H17ClO4S/c1-8(7-14(9,10)11)6-13-5-3-4-12-2/h8H,3-7H2,1-2H3. The largest absolute Gasteiger partial charge is 0.385 e. The number of methoxy groups -OCH3 is 1. The van der Waals surface area contributed by atoms with Crippen molar-refractivity contribution in [3.8, 4) is 0 Å². The zero-order valence-corrected chi connectivity index (χ0v) is 10.1. The van der Waals surface area contributed by atoms with Gasteiger partial charge in [-0.3, -0.25) is 0 Å². The Bertz CT molecular complexity index is 227. The van der Waals surface area contributed by atoms with E-state index < -0.39 is 9.05 Å². The maximum absolute atomic E-state index is 10.7. The van der Waals surface area contributed by atoms with E-state index in [1.54, 1.807) is 14.0 Å². The van der Waals surface area contributed by atoms with Gasteiger partial charge in [-0.15, -0.1) is 0 Å². The zero-order chi connectivity index (χ0) is 11.0. The van der Waals surface area contributed by atoms with Crippen molar-refractivity contribution in [1.29, 1.82) is 0 Å². The van der Waals surface area contributed by atoms with E-state index in [0.717, 1.165) is 6.42 Å². The molecule has 86 valence electrons. The maximum Gasteiger partial charge on any atom is 0.232 e. The summed E-state index contributed by atoms with van der Waals surface area (Å²) in [5, 5.41) is 0. The Morgan fingerprint density at radius 1 is 1.36 bits per heavy atom. The second-order valence-electron chi connectivity index (χ2n) is 3.23. The first kappa shape index (κ1) is 14.2. The van der Waals surface area contributed by atoms with Crippen molar-refractivity contribution in [2.75, 3.05) is 32.7 Å². The van der Waals surface area contributed by atoms with Gasteiger partial charge < -0.3 is 9.47 Å². The molecule has 4 nitrogen and oxygen atoms in total. The fourth-order valence-corrected chi connectivity index (χ4v) is 2.40. The van der Waals surface area contributed by atoms with Gasteiger partial charge in [0.15, 0.2) is 0 Å². The molecule has 0 aromatic carbocycles. The Kier molecular flexibility index (Phi) is 7.54. The summed E-state index contributed by atoms with van der Waals surface area (Å²) in [6.07, 6.45) is 0.816. The van der Waals surface area contributed by atoms with Gasteiger partial charge in [-0.1, -0.05) is 6.92 Å². The Morgan fingerprint density at radius 2 is 2.00 bits per heavy atom. The lowest BCUT2D eigenvalue weighted by atomic mass is 10.2. The molecule has 0 bridgehead atoms. The zero-order valence-electron chi connectivity index (χ0n) is 8.53. The number of ether oxygens (including phenoxy) is 2. The highest BCUT2D eigenvalue weighted by molar-refractivity contribution is 8.13. The quantitative estimate of drug-likeness (QED) is 0.476. The van der Waals surface area contributed by atoms with Crippen LogP contribution in [0.2, 0.25) is 0 Å². The average molecular weight is 245 g/mol. The molecule has 0 radical (unpaired) electrons. The lowest BCUT2D eigenvalue weighted by Crippen LogP contribution is -2.15. The molecule has 0 aromatic heterocycles. The van der Waals surface area contributed by atoms with Crippen LogP contribution in [0.25, 0.3) is 0 Å². The summed E-state index contributed by atoms with van der Waals surface area (Å²) >= 11 is 0. The molecule has 1 unspecified atom stereocenters. The average Bonchev–Trinajstić information content (AvgIpc) is 2.00. The highest BCUT2D eigenvalue weighted by atomic mass is 35.7. The van der Waals surface area contributed by atoms with Crippen molar-refractivity contribution in [3.05, 3.63) is 0 Å². The van der Waals surface area contributed by atoms with Gasteiger partial charge in [-0.05, 0) is 12.3 Å². The van der Waals surface area contributed by atoms with Crippen molar-refractivity contribution < 1.29 is 17.9 Å². The number of hydrogen-bond acceptors (Lipinski definition) is 4. The van der Waals surface area contributed by atoms with Gasteiger partial charge in [-0.25, -0.2) is 8.42 Å². The Morgan fingerprint density at radius 3 is 2.50 bits per heavy atom. The lowest BCUT2D eigenvalue weighted by Gasteiger charge is -2.09. The fraction of sp³-hybridized carbons (Fsp3) is 1.00. The SMILES string of the molecule is COCCCOCC(C)CS(=O)(=O)Cl. The van der Waals surface area contributed by atoms with Gasteiger partial charge in [-0.2, -0.15) is 0 Å². The van der Waals surface area contributed by atoms with Crippen LogP contribution in [-0.4, -0.2) is 41.1 Å². The molecular formula is C8H17ClO4S. The maximum atomic E-state index is 10.7. The van der Waals surface area contributed by atoms with Crippen molar-refractivity contribution in [1.82, 2.24) is 0 Å². The molecule has 14 heavy (non-hydrogen) atoms. The number of halogens is 1. The first-order valence-electron chi connectivity index (χ1n) is 4.44. The number of hydrogen-bond donors (Lipinski definition) is 0. The molecule has 6 heteroatoms. The van der Waals surface area contributed by atoms with E-state index in [4.69, 9.17) is 20.2 Å². The summed E-state index contributed by atoms with van der Waals surface area (Å²) in [7, 11) is 3.31. The Labute approximate surface area is 90.0 Å². The summed E-state index contributed by atoms with van der Waals surface area (Å²) in [4.78, 5) is 0. The summed E-state index contributed by atoms with van der Waals surface area (Å²) in [6, 6.07) is 0. The molecule has 0 aliphatic carbocycles. The summed E-state index contributed by atoms with van der Waals surface area (Å²) in [5.74, 6) is -0.112. The third-order valence-electron chi connectivity index (χ3n) is 1.52. The number of rotatable bonds is 8. The minimum absolute atomic E-state index is 0.0428. The molecule has 0 aliphatic heterocycles. The van der Waals surface area contributed by atoms with E-state index in [9.17, 15) is 8.42 Å². The smallest absolute Gasteiger partial charge is 0.232 e. The van der Waals surface area contributed by atoms with E-state index >= 15 is 0 Å². The molecule has 0 aromatic rings. The van der Waals surface area contributed by atoms with E-state index in [-0.39, 0.29) is 11.7 Å². The minimum Gasteiger partial charge on any atom is -0.385 e. The van der Waals surface area contributed by atoms with Crippen LogP contribution < -0.4 is 0 Å². The highest BCUT2D eigenvalue weighted by Crippen LogP contribution is 2.05. The third-order valence-corrected chi connectivity index (χ3v) is 2.87. The molecule has 0 fully saturated rings. The second kappa shape index (κ2) is 7.45. The molecule has 1 atom stereocenters. The molecule has 0 aliphatic rings. The van der Waals surface area contributed by atoms with E-state index in [1.165, 1.54) is 0 Å². The van der Waals surface area contributed by atoms with Crippen LogP contribution in [0.4, 0.5) is 0 Å². The second-order valence-corrected chi connectivity index (χ2v) is 6.05. The third kappa shape index (κ3) is 10.2. The van der Waals surface area contributed by atoms with Crippen LogP contribution in [0.5, 0.6) is 0 Å². The highest BCUT2D eigenvalue weighted by Gasteiger charge is 2.12. The van der Waals surface area contributed by atoms with Gasteiger partial charge >= 0.3 is 0 Å². The van der Waals surface area contributed by atoms with Gasteiger partial charge in [0.1, 0.15) is 0 Å². The van der Waals surface area contributed by atoms with Gasteiger partial charge in [0, 0.05) is 31.0 Å². The van der Waals surface area contributed by atoms with Gasteiger partial charge in [0.25, 0.3) is 0 Å². The van der Waals surface area contributed by atoms with Crippen molar-refractivity contribution in [2.24, 2.45) is 5.92 Å². The van der Waals surface area contributed by atoms with E-state index in [1.807, 2.05) is 0 Å². The van der Waals surface area contributed by atoms with Crippen LogP contribution in [0.15, 0.2) is 0 Å². The lowest BCUT2D eigenvalue weighted by molar-refractivity contribution is 0.0868. The predicted molar refractivity (Wildman–Crippen MR) is 56.1 cm³/mol. The van der Waals surface area contributed by atoms with Gasteiger partial charge in [0.2, 0.25) is 9.05 Å². The first-order chi connectivity index (χ1) is 6.45. The predicted octanol–water partition coefficient (Wildman–Crippen LogP) is 1.24. The van der Waals surface area contributed by atoms with Crippen molar-refractivity contribution >= 4 is 19.7 Å². The van der Waals surface area contributed by atoms with Crippen molar-refractivity contribution in [2.45, 2.75) is 13.3 Å². The fourth-order valence-electron chi connectivity index (χ4n) is 0.978. The summed E-state index contributed by atoms with van der Waals surface area (Å²) < 4.78 is 31.4. The minimum atomic E-state index is -3.40. The molecule has 0 N–H and O–H groups in total. The monoisotopic (exact) mass is 244 g/mol. The van der Waals surface area contributed by atoms with Crippen LogP contribution >= 0.6 is 10.7 Å². The van der Waals surface area contributed by atoms with Crippen LogP contribution in [0.3, 0.4) is 0 Å². The summed E-state index contributed by atoms with van der Waals surface area (Å²) in [5.41, 5.74) is 0. The molecule has 0 heterocycles. The van der Waals surface area contributed by atoms with E-state index in [2.05, 4.69) is 0 Å². The molecule has 0 spiro atoms. The summed E-state index contributed by atoms with van der Waals surface area (Å²) in [6.45, 7) is 3.44. The van der Waals surface area contributed by atoms with Crippen LogP contribution in [0, 0.1) is 5.92 Å². The van der Waals surface area contributed by atoms with Crippen molar-refractivity contribution in [3.63, 3.8) is 0 Å². The molecular weight excluding hydrogens is 228 g/mol. The Hall–Kier alpha value is 0.160. The molecule has 0 saturated carbocycles. The van der Waals surface area contributed by atoms with Crippen LogP contribution in [0.1, 0.15) is 13.3 Å². The topological polar surface area (TPSA) is 52.6 Å².